The van der Waals surface area contributed by atoms with Gasteiger partial charge in [0.2, 0.25) is 0 Å². The normalized spacial score (nSPS) is 26.4. The number of hydrogen-bond donors (Lipinski definition) is 2. The molecule has 0 amide bonds. The summed E-state index contributed by atoms with van der Waals surface area (Å²) in [5.41, 5.74) is -1.14. The van der Waals surface area contributed by atoms with E-state index in [9.17, 15) is 9.50 Å². The van der Waals surface area contributed by atoms with E-state index in [1.807, 2.05) is 4.90 Å². The van der Waals surface area contributed by atoms with Gasteiger partial charge in [-0.2, -0.15) is 9.97 Å². The van der Waals surface area contributed by atoms with Gasteiger partial charge >= 0.3 is 6.01 Å². The fourth-order valence-electron chi connectivity index (χ4n) is 8.39. The number of fused-ring (bicyclic) bond motifs is 5. The minimum atomic E-state index is -1.26. The van der Waals surface area contributed by atoms with Gasteiger partial charge in [0.05, 0.1) is 25.4 Å². The standard InChI is InChI=1S/C35H35F4N5O3/c36-26-4-1-18-7-23(45)8-24(28(18)30(26)38)29-27(37)9-25-32(31(29)39)41-34(42-33(25)44-12-21-2-3-22(13-44)40-21)47-17-35(5-6-35)16-43-10-19-14-46-15-20(19)11-43/h1,4,7-9,19-22,40,45H,2-3,5-6,10-17H2/t19-,20-,21?,22?/m0/s1. The largest absolute Gasteiger partial charge is 0.508 e. The molecular weight excluding hydrogens is 614 g/mol. The minimum absolute atomic E-state index is 0.00852. The molecule has 1 saturated carbocycles. The highest BCUT2D eigenvalue weighted by Gasteiger charge is 2.48. The van der Waals surface area contributed by atoms with Crippen LogP contribution in [0.3, 0.4) is 0 Å². The van der Waals surface area contributed by atoms with Crippen molar-refractivity contribution < 1.29 is 32.1 Å². The fraction of sp³-hybridized carbons (Fsp3) is 0.486. The molecule has 4 aromatic rings. The molecule has 0 radical (unpaired) electrons. The number of halogens is 4. The van der Waals surface area contributed by atoms with E-state index in [2.05, 4.69) is 15.2 Å². The van der Waals surface area contributed by atoms with Crippen LogP contribution >= 0.6 is 0 Å². The zero-order chi connectivity index (χ0) is 32.0. The van der Waals surface area contributed by atoms with Crippen LogP contribution in [0.15, 0.2) is 30.3 Å². The Labute approximate surface area is 268 Å². The summed E-state index contributed by atoms with van der Waals surface area (Å²) < 4.78 is 74.3. The second kappa shape index (κ2) is 10.9. The fourth-order valence-corrected chi connectivity index (χ4v) is 8.39. The summed E-state index contributed by atoms with van der Waals surface area (Å²) in [7, 11) is 0. The number of aromatic hydroxyl groups is 1. The molecule has 4 atom stereocenters. The molecule has 47 heavy (non-hydrogen) atoms. The van der Waals surface area contributed by atoms with Crippen molar-refractivity contribution in [2.24, 2.45) is 17.3 Å². The molecule has 2 bridgehead atoms. The van der Waals surface area contributed by atoms with E-state index in [1.165, 1.54) is 12.1 Å². The number of phenolic OH excluding ortho intramolecular Hbond substituents is 1. The molecule has 12 heteroatoms. The van der Waals surface area contributed by atoms with Crippen molar-refractivity contribution in [3.8, 4) is 22.9 Å². The maximum atomic E-state index is 16.7. The van der Waals surface area contributed by atoms with Gasteiger partial charge in [0.1, 0.15) is 22.9 Å². The molecule has 2 unspecified atom stereocenters. The zero-order valence-electron chi connectivity index (χ0n) is 25.7. The van der Waals surface area contributed by atoms with Gasteiger partial charge in [0.25, 0.3) is 0 Å². The molecule has 8 nitrogen and oxygen atoms in total. The zero-order valence-corrected chi connectivity index (χ0v) is 25.7. The number of piperazine rings is 1. The molecule has 5 fully saturated rings. The van der Waals surface area contributed by atoms with Crippen molar-refractivity contribution in [2.45, 2.75) is 37.8 Å². The van der Waals surface area contributed by atoms with E-state index in [1.54, 1.807) is 0 Å². The number of anilines is 1. The monoisotopic (exact) mass is 649 g/mol. The molecule has 5 heterocycles. The molecule has 5 aliphatic rings. The summed E-state index contributed by atoms with van der Waals surface area (Å²) >= 11 is 0. The maximum absolute atomic E-state index is 16.7. The molecule has 1 aliphatic carbocycles. The lowest BCUT2D eigenvalue weighted by Crippen LogP contribution is -2.51. The third-order valence-corrected chi connectivity index (χ3v) is 11.0. The van der Waals surface area contributed by atoms with E-state index in [0.29, 0.717) is 37.4 Å². The third-order valence-electron chi connectivity index (χ3n) is 11.0. The molecular formula is C35H35F4N5O3. The Balaban J connectivity index is 1.12. The summed E-state index contributed by atoms with van der Waals surface area (Å²) in [4.78, 5) is 13.8. The van der Waals surface area contributed by atoms with E-state index in [-0.39, 0.29) is 56.5 Å². The Morgan fingerprint density at radius 2 is 1.66 bits per heavy atom. The molecule has 3 aromatic carbocycles. The van der Waals surface area contributed by atoms with Gasteiger partial charge in [-0.25, -0.2) is 17.6 Å². The van der Waals surface area contributed by atoms with Crippen molar-refractivity contribution >= 4 is 27.5 Å². The Morgan fingerprint density at radius 1 is 0.915 bits per heavy atom. The van der Waals surface area contributed by atoms with E-state index < -0.39 is 28.8 Å². The number of likely N-dealkylation sites (tertiary alicyclic amines) is 1. The molecule has 9 rings (SSSR count). The van der Waals surface area contributed by atoms with Crippen molar-refractivity contribution in [1.82, 2.24) is 20.2 Å². The predicted octanol–water partition coefficient (Wildman–Crippen LogP) is 5.39. The van der Waals surface area contributed by atoms with Crippen molar-refractivity contribution in [3.63, 3.8) is 0 Å². The van der Waals surface area contributed by atoms with Gasteiger partial charge in [-0.05, 0) is 55.3 Å². The second-order valence-corrected chi connectivity index (χ2v) is 14.3. The molecule has 4 aliphatic heterocycles. The van der Waals surface area contributed by atoms with Crippen LogP contribution in [0.25, 0.3) is 32.8 Å². The lowest BCUT2D eigenvalue weighted by molar-refractivity contribution is 0.131. The van der Waals surface area contributed by atoms with Gasteiger partial charge in [-0.1, -0.05) is 6.07 Å². The van der Waals surface area contributed by atoms with Crippen LogP contribution in [0.4, 0.5) is 23.4 Å². The summed E-state index contributed by atoms with van der Waals surface area (Å²) in [6.45, 7) is 6.16. The average Bonchev–Trinajstić information content (AvgIpc) is 3.29. The van der Waals surface area contributed by atoms with Crippen LogP contribution in [0, 0.1) is 40.5 Å². The first-order valence-electron chi connectivity index (χ1n) is 16.5. The second-order valence-electron chi connectivity index (χ2n) is 14.3. The molecule has 4 saturated heterocycles. The number of nitrogens with one attached hydrogen (secondary N) is 1. The number of aromatic nitrogens is 2. The number of ether oxygens (including phenoxy) is 2. The highest BCUT2D eigenvalue weighted by molar-refractivity contribution is 6.02. The topological polar surface area (TPSA) is 83.0 Å². The van der Waals surface area contributed by atoms with Gasteiger partial charge in [-0.3, -0.25) is 0 Å². The first-order valence-corrected chi connectivity index (χ1v) is 16.5. The van der Waals surface area contributed by atoms with Crippen LogP contribution in [0.2, 0.25) is 0 Å². The Hall–Kier alpha value is -3.74. The first-order chi connectivity index (χ1) is 22.7. The van der Waals surface area contributed by atoms with E-state index in [0.717, 1.165) is 76.7 Å². The molecule has 2 N–H and O–H groups in total. The van der Waals surface area contributed by atoms with Gasteiger partial charge in [0.15, 0.2) is 17.5 Å². The van der Waals surface area contributed by atoms with Crippen molar-refractivity contribution in [1.29, 1.82) is 0 Å². The SMILES string of the molecule is Oc1cc(-c2c(F)cc3c(N4CC5CCC(C4)N5)nc(OCC4(CN5C[C@H]6COC[C@@H]6C5)CC4)nc3c2F)c2c(F)c(F)ccc2c1. The van der Waals surface area contributed by atoms with Gasteiger partial charge in [-0.15, -0.1) is 0 Å². The summed E-state index contributed by atoms with van der Waals surface area (Å²) in [6, 6.07) is 6.04. The number of hydrogen-bond acceptors (Lipinski definition) is 8. The molecule has 0 spiro atoms. The minimum Gasteiger partial charge on any atom is -0.508 e. The Kier molecular flexibility index (Phi) is 6.82. The number of nitrogens with zero attached hydrogens (tertiary/aromatic N) is 4. The van der Waals surface area contributed by atoms with Crippen molar-refractivity contribution in [3.05, 3.63) is 53.6 Å². The lowest BCUT2D eigenvalue weighted by atomic mass is 9.95. The molecule has 246 valence electrons. The van der Waals surface area contributed by atoms with Crippen LogP contribution in [0.1, 0.15) is 25.7 Å². The quantitative estimate of drug-likeness (QED) is 0.258. The lowest BCUT2D eigenvalue weighted by Gasteiger charge is -2.34. The number of phenols is 1. The Bertz CT molecular complexity index is 1900. The smallest absolute Gasteiger partial charge is 0.319 e. The summed E-state index contributed by atoms with van der Waals surface area (Å²) in [5.74, 6) is -3.29. The van der Waals surface area contributed by atoms with E-state index >= 15 is 13.2 Å². The summed E-state index contributed by atoms with van der Waals surface area (Å²) in [6.07, 6.45) is 4.01. The third kappa shape index (κ3) is 5.07. The van der Waals surface area contributed by atoms with Crippen LogP contribution in [0.5, 0.6) is 11.8 Å². The van der Waals surface area contributed by atoms with Crippen molar-refractivity contribution in [2.75, 3.05) is 57.4 Å². The molecule has 1 aromatic heterocycles. The van der Waals surface area contributed by atoms with Crippen LogP contribution in [-0.4, -0.2) is 84.6 Å². The highest BCUT2D eigenvalue weighted by atomic mass is 19.2. The summed E-state index contributed by atoms with van der Waals surface area (Å²) in [5, 5.41) is 13.9. The number of rotatable bonds is 7. The van der Waals surface area contributed by atoms with Crippen LogP contribution in [-0.2, 0) is 4.74 Å². The predicted molar refractivity (Wildman–Crippen MR) is 168 cm³/mol. The number of benzene rings is 3. The van der Waals surface area contributed by atoms with E-state index in [4.69, 9.17) is 14.5 Å². The van der Waals surface area contributed by atoms with Gasteiger partial charge < -0.3 is 29.7 Å². The average molecular weight is 650 g/mol. The van der Waals surface area contributed by atoms with Gasteiger partial charge in [0, 0.05) is 78.4 Å². The Morgan fingerprint density at radius 3 is 2.38 bits per heavy atom. The van der Waals surface area contributed by atoms with Crippen LogP contribution < -0.4 is 15.0 Å². The first kappa shape index (κ1) is 29.4. The highest BCUT2D eigenvalue weighted by Crippen LogP contribution is 2.48. The maximum Gasteiger partial charge on any atom is 0.319 e.